The van der Waals surface area contributed by atoms with E-state index in [-0.39, 0.29) is 11.0 Å². The second kappa shape index (κ2) is 6.69. The molecular weight excluding hydrogens is 367 g/mol. The van der Waals surface area contributed by atoms with Crippen LogP contribution in [0.15, 0.2) is 51.1 Å². The van der Waals surface area contributed by atoms with Crippen molar-refractivity contribution in [1.82, 2.24) is 14.6 Å². The molecule has 0 spiro atoms. The van der Waals surface area contributed by atoms with Gasteiger partial charge in [0.25, 0.3) is 0 Å². The largest absolute Gasteiger partial charge is 0.493 e. The predicted molar refractivity (Wildman–Crippen MR) is 103 cm³/mol. The molecule has 0 atom stereocenters. The number of hydrogen-bond acceptors (Lipinski definition) is 5. The van der Waals surface area contributed by atoms with Crippen LogP contribution in [-0.4, -0.2) is 35.1 Å². The number of halogens is 1. The Morgan fingerprint density at radius 2 is 1.79 bits per heavy atom. The van der Waals surface area contributed by atoms with E-state index in [4.69, 9.17) is 9.47 Å². The summed E-state index contributed by atoms with van der Waals surface area (Å²) in [6.45, 7) is 0. The molecule has 0 bridgehead atoms. The quantitative estimate of drug-likeness (QED) is 0.529. The number of nitrogens with zero attached hydrogens (tertiary/aromatic N) is 2. The Labute approximate surface area is 156 Å². The molecule has 28 heavy (non-hydrogen) atoms. The minimum absolute atomic E-state index is 0.129. The van der Waals surface area contributed by atoms with Gasteiger partial charge in [0.2, 0.25) is 0 Å². The summed E-state index contributed by atoms with van der Waals surface area (Å²) in [5, 5.41) is 4.41. The third-order valence-corrected chi connectivity index (χ3v) is 4.32. The fourth-order valence-corrected chi connectivity index (χ4v) is 2.97. The van der Waals surface area contributed by atoms with E-state index < -0.39 is 17.1 Å². The molecule has 2 aromatic carbocycles. The van der Waals surface area contributed by atoms with Crippen LogP contribution in [-0.2, 0) is 0 Å². The van der Waals surface area contributed by atoms with Gasteiger partial charge in [-0.15, -0.1) is 4.68 Å². The van der Waals surface area contributed by atoms with Crippen LogP contribution in [0, 0.1) is 5.82 Å². The number of aromatic amines is 2. The van der Waals surface area contributed by atoms with Crippen LogP contribution in [0.3, 0.4) is 0 Å². The van der Waals surface area contributed by atoms with Crippen molar-refractivity contribution < 1.29 is 13.9 Å². The average molecular weight is 382 g/mol. The van der Waals surface area contributed by atoms with Gasteiger partial charge in [0.05, 0.1) is 26.0 Å². The molecule has 0 amide bonds. The lowest BCUT2D eigenvalue weighted by Crippen LogP contribution is -2.32. The monoisotopic (exact) mass is 382 g/mol. The van der Waals surface area contributed by atoms with Gasteiger partial charge in [-0.2, -0.15) is 5.10 Å². The zero-order valence-corrected chi connectivity index (χ0v) is 14.9. The van der Waals surface area contributed by atoms with Gasteiger partial charge in [0, 0.05) is 10.9 Å². The van der Waals surface area contributed by atoms with Crippen molar-refractivity contribution in [3.8, 4) is 11.5 Å². The number of rotatable bonds is 4. The van der Waals surface area contributed by atoms with Crippen molar-refractivity contribution in [2.24, 2.45) is 5.10 Å². The zero-order valence-electron chi connectivity index (χ0n) is 14.9. The zero-order chi connectivity index (χ0) is 19.8. The fraction of sp³-hybridized carbons (Fsp3) is 0.105. The van der Waals surface area contributed by atoms with E-state index >= 15 is 0 Å². The first-order valence-corrected chi connectivity index (χ1v) is 8.24. The fourth-order valence-electron chi connectivity index (χ4n) is 2.97. The number of nitrogens with one attached hydrogen (secondary N) is 2. The number of hydrogen-bond donors (Lipinski definition) is 2. The number of aromatic nitrogens is 3. The Morgan fingerprint density at radius 3 is 2.54 bits per heavy atom. The highest BCUT2D eigenvalue weighted by Crippen LogP contribution is 2.27. The molecule has 0 aliphatic carbocycles. The highest BCUT2D eigenvalue weighted by Gasteiger charge is 2.13. The molecule has 0 radical (unpaired) electrons. The van der Waals surface area contributed by atoms with Crippen molar-refractivity contribution in [1.29, 1.82) is 0 Å². The third kappa shape index (κ3) is 2.82. The van der Waals surface area contributed by atoms with Crippen molar-refractivity contribution in [2.45, 2.75) is 0 Å². The molecule has 9 heteroatoms. The van der Waals surface area contributed by atoms with E-state index in [1.54, 1.807) is 18.2 Å². The lowest BCUT2D eigenvalue weighted by atomic mass is 10.2. The second-order valence-electron chi connectivity index (χ2n) is 5.97. The van der Waals surface area contributed by atoms with Crippen molar-refractivity contribution >= 4 is 28.2 Å². The first-order valence-electron chi connectivity index (χ1n) is 8.24. The van der Waals surface area contributed by atoms with E-state index in [2.05, 4.69) is 15.1 Å². The SMILES string of the molecule is COc1ccc(/C=N\n2c(=O)[nH]c3c([nH]c4ccc(F)cc43)c2=O)cc1OC. The molecule has 0 saturated carbocycles. The maximum atomic E-state index is 13.5. The third-order valence-electron chi connectivity index (χ3n) is 4.32. The minimum atomic E-state index is -0.737. The first kappa shape index (κ1) is 17.5. The molecule has 0 saturated heterocycles. The Balaban J connectivity index is 1.83. The Kier molecular flexibility index (Phi) is 4.19. The lowest BCUT2D eigenvalue weighted by molar-refractivity contribution is 0.355. The average Bonchev–Trinajstić information content (AvgIpc) is 3.05. The molecule has 142 valence electrons. The summed E-state index contributed by atoms with van der Waals surface area (Å²) in [6, 6.07) is 9.06. The summed E-state index contributed by atoms with van der Waals surface area (Å²) in [6.07, 6.45) is 1.35. The van der Waals surface area contributed by atoms with E-state index in [0.29, 0.717) is 32.6 Å². The van der Waals surface area contributed by atoms with Crippen molar-refractivity contribution in [3.63, 3.8) is 0 Å². The maximum Gasteiger partial charge on any atom is 0.350 e. The van der Waals surface area contributed by atoms with Crippen LogP contribution in [0.1, 0.15) is 5.56 Å². The van der Waals surface area contributed by atoms with Crippen LogP contribution in [0.4, 0.5) is 4.39 Å². The summed E-state index contributed by atoms with van der Waals surface area (Å²) in [7, 11) is 3.02. The van der Waals surface area contributed by atoms with Crippen LogP contribution in [0.5, 0.6) is 11.5 Å². The molecule has 2 N–H and O–H groups in total. The van der Waals surface area contributed by atoms with Gasteiger partial charge in [-0.05, 0) is 42.0 Å². The van der Waals surface area contributed by atoms with Crippen LogP contribution in [0.25, 0.3) is 21.9 Å². The molecule has 0 fully saturated rings. The maximum absolute atomic E-state index is 13.5. The number of methoxy groups -OCH3 is 2. The highest BCUT2D eigenvalue weighted by atomic mass is 19.1. The van der Waals surface area contributed by atoms with E-state index in [1.807, 2.05) is 0 Å². The molecule has 4 rings (SSSR count). The first-order chi connectivity index (χ1) is 13.5. The molecule has 4 aromatic rings. The smallest absolute Gasteiger partial charge is 0.350 e. The molecule has 0 unspecified atom stereocenters. The van der Waals surface area contributed by atoms with Gasteiger partial charge in [-0.3, -0.25) is 4.79 Å². The number of H-pyrrole nitrogens is 2. The summed E-state index contributed by atoms with van der Waals surface area (Å²) in [5.41, 5.74) is 0.117. The van der Waals surface area contributed by atoms with E-state index in [1.165, 1.54) is 38.6 Å². The predicted octanol–water partition coefficient (Wildman–Crippen LogP) is 2.21. The van der Waals surface area contributed by atoms with Crippen molar-refractivity contribution in [3.05, 3.63) is 68.6 Å². The van der Waals surface area contributed by atoms with E-state index in [9.17, 15) is 14.0 Å². The Hall–Kier alpha value is -3.88. The topological polar surface area (TPSA) is 101 Å². The molecule has 2 heterocycles. The van der Waals surface area contributed by atoms with Gasteiger partial charge in [-0.1, -0.05) is 0 Å². The van der Waals surface area contributed by atoms with E-state index in [0.717, 1.165) is 0 Å². The molecule has 8 nitrogen and oxygen atoms in total. The Morgan fingerprint density at radius 1 is 1.00 bits per heavy atom. The van der Waals surface area contributed by atoms with Crippen LogP contribution < -0.4 is 20.7 Å². The van der Waals surface area contributed by atoms with Crippen LogP contribution in [0.2, 0.25) is 0 Å². The van der Waals surface area contributed by atoms with Gasteiger partial charge >= 0.3 is 11.2 Å². The normalized spacial score (nSPS) is 11.5. The molecular formula is C19H15FN4O4. The standard InChI is InChI=1S/C19H15FN4O4/c1-27-14-6-3-10(7-15(14)28-2)9-21-24-18(25)17-16(23-19(24)26)12-8-11(20)4-5-13(12)22-17/h3-9,22H,1-2H3,(H,23,26)/b21-9-. The summed E-state index contributed by atoms with van der Waals surface area (Å²) in [5.74, 6) is 0.562. The lowest BCUT2D eigenvalue weighted by Gasteiger charge is -2.07. The summed E-state index contributed by atoms with van der Waals surface area (Å²) in [4.78, 5) is 30.5. The summed E-state index contributed by atoms with van der Waals surface area (Å²) < 4.78 is 24.6. The Bertz CT molecular complexity index is 1350. The number of benzene rings is 2. The highest BCUT2D eigenvalue weighted by molar-refractivity contribution is 6.04. The van der Waals surface area contributed by atoms with Crippen LogP contribution >= 0.6 is 0 Å². The van der Waals surface area contributed by atoms with Crippen molar-refractivity contribution in [2.75, 3.05) is 14.2 Å². The number of fused-ring (bicyclic) bond motifs is 3. The minimum Gasteiger partial charge on any atom is -0.493 e. The van der Waals surface area contributed by atoms with Gasteiger partial charge < -0.3 is 19.4 Å². The molecule has 0 aliphatic rings. The molecule has 0 aliphatic heterocycles. The van der Waals surface area contributed by atoms with Gasteiger partial charge in [0.15, 0.2) is 11.5 Å². The van der Waals surface area contributed by atoms with Gasteiger partial charge in [0.1, 0.15) is 11.3 Å². The second-order valence-corrected chi connectivity index (χ2v) is 5.97. The van der Waals surface area contributed by atoms with Gasteiger partial charge in [-0.25, -0.2) is 9.18 Å². The number of ether oxygens (including phenoxy) is 2. The molecule has 2 aromatic heterocycles. The summed E-state index contributed by atoms with van der Waals surface area (Å²) >= 11 is 0.